The Bertz CT molecular complexity index is 616. The lowest BCUT2D eigenvalue weighted by atomic mass is 10.1. The number of halogens is 3. The average Bonchev–Trinajstić information content (AvgIpc) is 2.38. The van der Waals surface area contributed by atoms with Gasteiger partial charge in [-0.25, -0.2) is 4.99 Å². The number of hydrogen-bond donors (Lipinski definition) is 0. The summed E-state index contributed by atoms with van der Waals surface area (Å²) < 4.78 is 0. The summed E-state index contributed by atoms with van der Waals surface area (Å²) in [7, 11) is 3.68. The van der Waals surface area contributed by atoms with Crippen LogP contribution in [0.2, 0.25) is 15.3 Å². The molecule has 20 heavy (non-hydrogen) atoms. The van der Waals surface area contributed by atoms with Gasteiger partial charge in [0.05, 0.1) is 11.9 Å². The van der Waals surface area contributed by atoms with Gasteiger partial charge in [-0.15, -0.1) is 0 Å². The molecule has 0 amide bonds. The molecule has 0 spiro atoms. The van der Waals surface area contributed by atoms with Gasteiger partial charge in [-0.3, -0.25) is 0 Å². The van der Waals surface area contributed by atoms with Gasteiger partial charge >= 0.3 is 0 Å². The summed E-state index contributed by atoms with van der Waals surface area (Å²) in [5.41, 5.74) is 1.36. The van der Waals surface area contributed by atoms with Gasteiger partial charge in [0.1, 0.15) is 10.3 Å². The molecule has 0 aliphatic rings. The Hall–Kier alpha value is -1.36. The van der Waals surface area contributed by atoms with Crippen LogP contribution in [-0.2, 0) is 0 Å². The van der Waals surface area contributed by atoms with E-state index in [2.05, 4.69) is 15.0 Å². The average molecular weight is 330 g/mol. The molecular formula is C13H11Cl3N4. The molecule has 0 N–H and O–H groups in total. The van der Waals surface area contributed by atoms with Crippen LogP contribution in [-0.4, -0.2) is 35.3 Å². The lowest BCUT2D eigenvalue weighted by molar-refractivity contribution is 0.642. The largest absolute Gasteiger partial charge is 0.369 e. The zero-order valence-electron chi connectivity index (χ0n) is 10.8. The molecule has 0 aliphatic carbocycles. The summed E-state index contributed by atoms with van der Waals surface area (Å²) in [6.45, 7) is 0. The van der Waals surface area contributed by atoms with E-state index in [1.54, 1.807) is 23.4 Å². The normalized spacial score (nSPS) is 11.1. The topological polar surface area (TPSA) is 41.4 Å². The fourth-order valence-electron chi connectivity index (χ4n) is 1.48. The Morgan fingerprint density at radius 1 is 1.00 bits per heavy atom. The number of nitrogens with zero attached hydrogens (tertiary/aromatic N) is 4. The minimum Gasteiger partial charge on any atom is -0.369 e. The minimum atomic E-state index is 0.214. The van der Waals surface area contributed by atoms with Crippen LogP contribution in [0, 0.1) is 0 Å². The maximum atomic E-state index is 6.17. The molecule has 7 heteroatoms. The molecule has 0 aliphatic heterocycles. The Morgan fingerprint density at radius 2 is 1.55 bits per heavy atom. The lowest BCUT2D eigenvalue weighted by Gasteiger charge is -2.07. The standard InChI is InChI=1S/C13H11Cl3N4/c1-20(2)7-17-13-18-11(15)10(12(16)19-13)8-3-5-9(14)6-4-8/h3-7H,1-2H3. The van der Waals surface area contributed by atoms with Crippen molar-refractivity contribution in [3.8, 4) is 11.1 Å². The zero-order chi connectivity index (χ0) is 14.7. The van der Waals surface area contributed by atoms with E-state index in [-0.39, 0.29) is 16.3 Å². The Labute approximate surface area is 132 Å². The highest BCUT2D eigenvalue weighted by molar-refractivity contribution is 6.38. The SMILES string of the molecule is CN(C)C=Nc1nc(Cl)c(-c2ccc(Cl)cc2)c(Cl)n1. The van der Waals surface area contributed by atoms with Gasteiger partial charge in [0, 0.05) is 19.1 Å². The first-order valence-electron chi connectivity index (χ1n) is 5.67. The number of benzene rings is 1. The van der Waals surface area contributed by atoms with Gasteiger partial charge < -0.3 is 4.90 Å². The van der Waals surface area contributed by atoms with Gasteiger partial charge in [0.25, 0.3) is 5.95 Å². The third-order valence-electron chi connectivity index (χ3n) is 2.35. The fourth-order valence-corrected chi connectivity index (χ4v) is 2.20. The van der Waals surface area contributed by atoms with E-state index in [1.807, 2.05) is 26.2 Å². The van der Waals surface area contributed by atoms with Crippen molar-refractivity contribution in [2.75, 3.05) is 14.1 Å². The fraction of sp³-hybridized carbons (Fsp3) is 0.154. The lowest BCUT2D eigenvalue weighted by Crippen LogP contribution is -2.07. The van der Waals surface area contributed by atoms with Crippen molar-refractivity contribution in [1.82, 2.24) is 14.9 Å². The molecule has 2 aromatic rings. The van der Waals surface area contributed by atoms with E-state index in [1.165, 1.54) is 0 Å². The molecule has 4 nitrogen and oxygen atoms in total. The molecule has 0 fully saturated rings. The minimum absolute atomic E-state index is 0.214. The molecule has 1 heterocycles. The van der Waals surface area contributed by atoms with Crippen LogP contribution in [0.1, 0.15) is 0 Å². The predicted molar refractivity (Wildman–Crippen MR) is 84.3 cm³/mol. The molecule has 0 radical (unpaired) electrons. The zero-order valence-corrected chi connectivity index (χ0v) is 13.1. The first kappa shape index (κ1) is 15.0. The van der Waals surface area contributed by atoms with Crippen molar-refractivity contribution in [2.24, 2.45) is 4.99 Å². The van der Waals surface area contributed by atoms with E-state index >= 15 is 0 Å². The molecule has 0 saturated heterocycles. The molecular weight excluding hydrogens is 319 g/mol. The van der Waals surface area contributed by atoms with Crippen molar-refractivity contribution in [1.29, 1.82) is 0 Å². The molecule has 0 atom stereocenters. The molecule has 1 aromatic heterocycles. The smallest absolute Gasteiger partial charge is 0.253 e. The van der Waals surface area contributed by atoms with E-state index in [0.29, 0.717) is 10.6 Å². The summed E-state index contributed by atoms with van der Waals surface area (Å²) in [5, 5.41) is 1.13. The van der Waals surface area contributed by atoms with Crippen LogP contribution in [0.25, 0.3) is 11.1 Å². The third kappa shape index (κ3) is 3.60. The third-order valence-corrected chi connectivity index (χ3v) is 3.14. The Kier molecular flexibility index (Phi) is 4.81. The second-order valence-electron chi connectivity index (χ2n) is 4.20. The van der Waals surface area contributed by atoms with E-state index < -0.39 is 0 Å². The first-order chi connectivity index (χ1) is 9.47. The number of aromatic nitrogens is 2. The van der Waals surface area contributed by atoms with E-state index in [0.717, 1.165) is 5.56 Å². The summed E-state index contributed by atoms with van der Waals surface area (Å²) >= 11 is 18.2. The Balaban J connectivity index is 2.43. The maximum Gasteiger partial charge on any atom is 0.253 e. The van der Waals surface area contributed by atoms with Gasteiger partial charge in [0.2, 0.25) is 0 Å². The number of aliphatic imine (C=N–C) groups is 1. The molecule has 2 rings (SSSR count). The summed E-state index contributed by atoms with van der Waals surface area (Å²) in [5.74, 6) is 0.214. The highest BCUT2D eigenvalue weighted by atomic mass is 35.5. The highest BCUT2D eigenvalue weighted by Gasteiger charge is 2.13. The monoisotopic (exact) mass is 328 g/mol. The molecule has 0 bridgehead atoms. The predicted octanol–water partition coefficient (Wildman–Crippen LogP) is 4.33. The molecule has 104 valence electrons. The highest BCUT2D eigenvalue weighted by Crippen LogP contribution is 2.34. The second kappa shape index (κ2) is 6.39. The van der Waals surface area contributed by atoms with Crippen molar-refractivity contribution in [2.45, 2.75) is 0 Å². The van der Waals surface area contributed by atoms with Crippen LogP contribution in [0.3, 0.4) is 0 Å². The quantitative estimate of drug-likeness (QED) is 0.478. The van der Waals surface area contributed by atoms with Crippen molar-refractivity contribution in [3.05, 3.63) is 39.6 Å². The van der Waals surface area contributed by atoms with Crippen LogP contribution in [0.15, 0.2) is 29.3 Å². The van der Waals surface area contributed by atoms with Crippen molar-refractivity contribution in [3.63, 3.8) is 0 Å². The van der Waals surface area contributed by atoms with E-state index in [4.69, 9.17) is 34.8 Å². The van der Waals surface area contributed by atoms with Gasteiger partial charge in [-0.1, -0.05) is 46.9 Å². The maximum absolute atomic E-state index is 6.17. The summed E-state index contributed by atoms with van der Waals surface area (Å²) in [4.78, 5) is 14.1. The first-order valence-corrected chi connectivity index (χ1v) is 6.80. The van der Waals surface area contributed by atoms with Crippen LogP contribution >= 0.6 is 34.8 Å². The van der Waals surface area contributed by atoms with Crippen LogP contribution < -0.4 is 0 Å². The van der Waals surface area contributed by atoms with E-state index in [9.17, 15) is 0 Å². The van der Waals surface area contributed by atoms with Gasteiger partial charge in [0.15, 0.2) is 0 Å². The molecule has 1 aromatic carbocycles. The second-order valence-corrected chi connectivity index (χ2v) is 5.35. The van der Waals surface area contributed by atoms with Crippen molar-refractivity contribution >= 4 is 47.1 Å². The summed E-state index contributed by atoms with van der Waals surface area (Å²) in [6, 6.07) is 7.12. The number of hydrogen-bond acceptors (Lipinski definition) is 3. The Morgan fingerprint density at radius 3 is 2.05 bits per heavy atom. The molecule has 0 unspecified atom stereocenters. The van der Waals surface area contributed by atoms with Gasteiger partial charge in [-0.05, 0) is 17.7 Å². The van der Waals surface area contributed by atoms with Crippen molar-refractivity contribution < 1.29 is 0 Å². The molecule has 0 saturated carbocycles. The van der Waals surface area contributed by atoms with Gasteiger partial charge in [-0.2, -0.15) is 9.97 Å². The van der Waals surface area contributed by atoms with Crippen LogP contribution in [0.4, 0.5) is 5.95 Å². The number of rotatable bonds is 3. The summed E-state index contributed by atoms with van der Waals surface area (Å²) in [6.07, 6.45) is 1.57. The van der Waals surface area contributed by atoms with Crippen LogP contribution in [0.5, 0.6) is 0 Å².